The number of nitrogens with zero attached hydrogens (tertiary/aromatic N) is 2. The maximum absolute atomic E-state index is 5.99. The Balaban J connectivity index is 1.84. The topological polar surface area (TPSA) is 44.2 Å². The number of hydrogen-bond donors (Lipinski definition) is 0. The molecule has 1 aromatic carbocycles. The van der Waals surface area contributed by atoms with Crippen molar-refractivity contribution in [1.29, 1.82) is 0 Å². The third kappa shape index (κ3) is 2.66. The Bertz CT molecular complexity index is 667. The molecule has 3 rings (SSSR count). The van der Waals surface area contributed by atoms with Crippen molar-refractivity contribution >= 4 is 12.7 Å². The number of rotatable bonds is 2. The quantitative estimate of drug-likeness (QED) is 0.799. The Labute approximate surface area is 132 Å². The van der Waals surface area contributed by atoms with Gasteiger partial charge in [-0.25, -0.2) is 0 Å². The maximum atomic E-state index is 5.99. The van der Waals surface area contributed by atoms with Gasteiger partial charge < -0.3 is 9.31 Å². The molecule has 1 fully saturated rings. The minimum absolute atomic E-state index is 0.367. The highest BCUT2D eigenvalue weighted by Crippen LogP contribution is 2.36. The average Bonchev–Trinajstić information content (AvgIpc) is 2.68. The summed E-state index contributed by atoms with van der Waals surface area (Å²) >= 11 is 0. The van der Waals surface area contributed by atoms with Gasteiger partial charge in [-0.2, -0.15) is 0 Å². The van der Waals surface area contributed by atoms with E-state index in [1.807, 2.05) is 39.8 Å². The molecule has 5 heteroatoms. The van der Waals surface area contributed by atoms with Crippen molar-refractivity contribution < 1.29 is 9.31 Å². The Morgan fingerprint density at radius 3 is 2.18 bits per heavy atom. The van der Waals surface area contributed by atoms with Gasteiger partial charge in [-0.1, -0.05) is 23.8 Å². The van der Waals surface area contributed by atoms with E-state index in [1.165, 1.54) is 5.56 Å². The molecule has 1 aromatic heterocycles. The zero-order chi connectivity index (χ0) is 16.0. The fourth-order valence-corrected chi connectivity index (χ4v) is 2.38. The highest BCUT2D eigenvalue weighted by atomic mass is 16.7. The first-order valence-electron chi connectivity index (χ1n) is 7.53. The molecule has 0 amide bonds. The standard InChI is InChI=1S/C17H21BN2O2/c1-12-7-6-8-13(9-12)14-10-20-15(11-19-14)18-21-16(2,3)17(4,5)22-18/h6-11H,1-5H3. The first kappa shape index (κ1) is 15.2. The van der Waals surface area contributed by atoms with Crippen LogP contribution in [-0.4, -0.2) is 28.3 Å². The van der Waals surface area contributed by atoms with E-state index in [9.17, 15) is 0 Å². The van der Waals surface area contributed by atoms with E-state index in [0.29, 0.717) is 5.59 Å². The highest BCUT2D eigenvalue weighted by molar-refractivity contribution is 6.61. The van der Waals surface area contributed by atoms with E-state index in [4.69, 9.17) is 9.31 Å². The SMILES string of the molecule is Cc1cccc(-c2cnc(B3OC(C)(C)C(C)(C)O3)cn2)c1. The van der Waals surface area contributed by atoms with Crippen LogP contribution in [0.1, 0.15) is 33.3 Å². The summed E-state index contributed by atoms with van der Waals surface area (Å²) in [4.78, 5) is 8.99. The molecule has 0 saturated carbocycles. The van der Waals surface area contributed by atoms with Crippen LogP contribution >= 0.6 is 0 Å². The summed E-state index contributed by atoms with van der Waals surface area (Å²) in [6.45, 7) is 10.2. The van der Waals surface area contributed by atoms with E-state index < -0.39 is 7.12 Å². The van der Waals surface area contributed by atoms with E-state index >= 15 is 0 Å². The second-order valence-electron chi connectivity index (χ2n) is 6.78. The summed E-state index contributed by atoms with van der Waals surface area (Å²) in [6, 6.07) is 8.22. The lowest BCUT2D eigenvalue weighted by molar-refractivity contribution is 0.00578. The summed E-state index contributed by atoms with van der Waals surface area (Å²) in [5, 5.41) is 0. The van der Waals surface area contributed by atoms with E-state index in [2.05, 4.69) is 29.0 Å². The van der Waals surface area contributed by atoms with Gasteiger partial charge in [-0.3, -0.25) is 9.97 Å². The second kappa shape index (κ2) is 5.18. The van der Waals surface area contributed by atoms with Crippen LogP contribution in [0.25, 0.3) is 11.3 Å². The van der Waals surface area contributed by atoms with Gasteiger partial charge in [0.05, 0.1) is 28.7 Å². The van der Waals surface area contributed by atoms with Crippen LogP contribution < -0.4 is 5.59 Å². The fraction of sp³-hybridized carbons (Fsp3) is 0.412. The van der Waals surface area contributed by atoms with E-state index in [1.54, 1.807) is 12.4 Å². The third-order valence-corrected chi connectivity index (χ3v) is 4.48. The molecule has 1 aliphatic rings. The van der Waals surface area contributed by atoms with Crippen LogP contribution in [-0.2, 0) is 9.31 Å². The van der Waals surface area contributed by atoms with Gasteiger partial charge in [0.1, 0.15) is 0 Å². The van der Waals surface area contributed by atoms with Gasteiger partial charge in [0.25, 0.3) is 0 Å². The second-order valence-corrected chi connectivity index (χ2v) is 6.78. The molecule has 0 radical (unpaired) electrons. The highest BCUT2D eigenvalue weighted by Gasteiger charge is 2.52. The molecule has 0 atom stereocenters. The summed E-state index contributed by atoms with van der Waals surface area (Å²) < 4.78 is 12.0. The average molecular weight is 296 g/mol. The van der Waals surface area contributed by atoms with Crippen LogP contribution in [0.4, 0.5) is 0 Å². The Kier molecular flexibility index (Phi) is 3.58. The van der Waals surface area contributed by atoms with Crippen molar-refractivity contribution in [3.63, 3.8) is 0 Å². The number of aryl methyl sites for hydroxylation is 1. The van der Waals surface area contributed by atoms with Crippen LogP contribution in [0.2, 0.25) is 0 Å². The van der Waals surface area contributed by atoms with Crippen LogP contribution in [0, 0.1) is 6.92 Å². The largest absolute Gasteiger partial charge is 0.516 e. The molecule has 1 saturated heterocycles. The van der Waals surface area contributed by atoms with E-state index in [-0.39, 0.29) is 11.2 Å². The minimum Gasteiger partial charge on any atom is -0.398 e. The molecule has 0 N–H and O–H groups in total. The van der Waals surface area contributed by atoms with E-state index in [0.717, 1.165) is 11.3 Å². The Morgan fingerprint density at radius 1 is 0.955 bits per heavy atom. The Morgan fingerprint density at radius 2 is 1.64 bits per heavy atom. The first-order chi connectivity index (χ1) is 10.3. The normalized spacial score (nSPS) is 19.4. The zero-order valence-corrected chi connectivity index (χ0v) is 13.8. The summed E-state index contributed by atoms with van der Waals surface area (Å²) in [5.41, 5.74) is 3.09. The van der Waals surface area contributed by atoms with Gasteiger partial charge in [0, 0.05) is 11.8 Å². The van der Waals surface area contributed by atoms with Gasteiger partial charge in [-0.15, -0.1) is 0 Å². The van der Waals surface area contributed by atoms with Crippen LogP contribution in [0.5, 0.6) is 0 Å². The lowest BCUT2D eigenvalue weighted by Crippen LogP contribution is -2.41. The van der Waals surface area contributed by atoms with Gasteiger partial charge in [-0.05, 0) is 40.7 Å². The summed E-state index contributed by atoms with van der Waals surface area (Å²) in [5.74, 6) is 0. The summed E-state index contributed by atoms with van der Waals surface area (Å²) in [7, 11) is -0.468. The lowest BCUT2D eigenvalue weighted by Gasteiger charge is -2.32. The molecule has 0 bridgehead atoms. The molecule has 0 aliphatic carbocycles. The molecule has 22 heavy (non-hydrogen) atoms. The number of hydrogen-bond acceptors (Lipinski definition) is 4. The number of benzene rings is 1. The van der Waals surface area contributed by atoms with Gasteiger partial charge >= 0.3 is 7.12 Å². The molecule has 0 spiro atoms. The molecular weight excluding hydrogens is 275 g/mol. The first-order valence-corrected chi connectivity index (χ1v) is 7.53. The number of aromatic nitrogens is 2. The Hall–Kier alpha value is -1.72. The van der Waals surface area contributed by atoms with Crippen molar-refractivity contribution in [2.24, 2.45) is 0 Å². The maximum Gasteiger partial charge on any atom is 0.516 e. The minimum atomic E-state index is -0.468. The third-order valence-electron chi connectivity index (χ3n) is 4.48. The molecular formula is C17H21BN2O2. The predicted octanol–water partition coefficient (Wildman–Crippen LogP) is 2.75. The van der Waals surface area contributed by atoms with Gasteiger partial charge in [0.15, 0.2) is 0 Å². The van der Waals surface area contributed by atoms with Crippen molar-refractivity contribution in [3.05, 3.63) is 42.2 Å². The smallest absolute Gasteiger partial charge is 0.398 e. The summed E-state index contributed by atoms with van der Waals surface area (Å²) in [6.07, 6.45) is 3.51. The van der Waals surface area contributed by atoms with Gasteiger partial charge in [0.2, 0.25) is 0 Å². The zero-order valence-electron chi connectivity index (χ0n) is 13.8. The predicted molar refractivity (Wildman–Crippen MR) is 87.9 cm³/mol. The molecule has 114 valence electrons. The molecule has 0 unspecified atom stereocenters. The van der Waals surface area contributed by atoms with Crippen molar-refractivity contribution in [1.82, 2.24) is 9.97 Å². The molecule has 1 aliphatic heterocycles. The lowest BCUT2D eigenvalue weighted by atomic mass is 9.85. The van der Waals surface area contributed by atoms with Crippen molar-refractivity contribution in [2.45, 2.75) is 45.8 Å². The fourth-order valence-electron chi connectivity index (χ4n) is 2.38. The van der Waals surface area contributed by atoms with Crippen molar-refractivity contribution in [2.75, 3.05) is 0 Å². The monoisotopic (exact) mass is 296 g/mol. The molecule has 4 nitrogen and oxygen atoms in total. The van der Waals surface area contributed by atoms with Crippen molar-refractivity contribution in [3.8, 4) is 11.3 Å². The molecule has 2 heterocycles. The van der Waals surface area contributed by atoms with Crippen LogP contribution in [0.15, 0.2) is 36.7 Å². The van der Waals surface area contributed by atoms with Crippen LogP contribution in [0.3, 0.4) is 0 Å². The molecule has 2 aromatic rings.